The highest BCUT2D eigenvalue weighted by Gasteiger charge is 2.43. The molecular formula is C58H80N8O17S2. The van der Waals surface area contributed by atoms with Crippen LogP contribution in [0.1, 0.15) is 92.8 Å². The number of ether oxygens (including phenoxy) is 1. The average Bonchev–Trinajstić information content (AvgIpc) is 3.51. The van der Waals surface area contributed by atoms with Crippen molar-refractivity contribution in [1.82, 2.24) is 37.2 Å². The fourth-order valence-corrected chi connectivity index (χ4v) is 10.4. The van der Waals surface area contributed by atoms with Crippen molar-refractivity contribution < 1.29 is 83.3 Å². The lowest BCUT2D eigenvalue weighted by atomic mass is 9.97. The second kappa shape index (κ2) is 36.2. The van der Waals surface area contributed by atoms with Crippen molar-refractivity contribution in [3.63, 3.8) is 0 Å². The summed E-state index contributed by atoms with van der Waals surface area (Å²) in [5.74, 6) is -10.3. The maximum absolute atomic E-state index is 14.7. The Morgan fingerprint density at radius 3 is 1.75 bits per heavy atom. The second-order valence-electron chi connectivity index (χ2n) is 21.0. The van der Waals surface area contributed by atoms with Crippen molar-refractivity contribution in [2.75, 3.05) is 24.7 Å². The number of nitrogens with two attached hydrogens (primary N) is 1. The van der Waals surface area contributed by atoms with Crippen LogP contribution >= 0.6 is 24.4 Å². The van der Waals surface area contributed by atoms with Crippen molar-refractivity contribution in [2.24, 2.45) is 17.6 Å². The molecule has 0 saturated carbocycles. The number of rotatable bonds is 37. The predicted molar refractivity (Wildman–Crippen MR) is 315 cm³/mol. The molecule has 3 aromatic carbocycles. The molecule has 1 aliphatic rings. The van der Waals surface area contributed by atoms with E-state index in [-0.39, 0.29) is 49.5 Å². The predicted octanol–water partition coefficient (Wildman–Crippen LogP) is -0.507. The lowest BCUT2D eigenvalue weighted by Crippen LogP contribution is -2.65. The number of ketones is 2. The Hall–Kier alpha value is -6.82. The van der Waals surface area contributed by atoms with Gasteiger partial charge in [0, 0.05) is 42.9 Å². The molecule has 6 amide bonds. The standard InChI is InChI=1S/C58H80N8O17S2/c1-32(2)26-33(3)52(77)60-38(21-22-45(70)71)54(79)62-40(29-46(72)73)56(81)65-50(42(68)16-10-11-24-59)64-51(43(69)28-36-14-8-5-9-15-36)66-55(80)39(27-35-12-6-4-7-13-35)61-57(82)41(31-84)63-53(78)37-19-17-34(18-20-37)23-25-85-58-49(76)48(75)47(74)44(30-67)83-58/h4-9,12-15,17-20,32-33,38-41,44,47-51,58,64,67,74-76,84H,10-11,16,21-31,59H2,1-3H3,(H,60,77)(H,61,82)(H,62,79)(H,63,78)(H,65,81)(H,66,80)(H,70,71)(H,72,73)/t33?,38?,39?,40?,41?,44-,47-,48+,49-,50?,51?,58+/m1/s1. The lowest BCUT2D eigenvalue weighted by molar-refractivity contribution is -0.205. The molecule has 85 heavy (non-hydrogen) atoms. The minimum atomic E-state index is -1.95. The summed E-state index contributed by atoms with van der Waals surface area (Å²) < 4.78 is 5.55. The van der Waals surface area contributed by atoms with Crippen LogP contribution < -0.4 is 43.0 Å². The fourth-order valence-electron chi connectivity index (χ4n) is 8.98. The molecule has 4 rings (SSSR count). The van der Waals surface area contributed by atoms with Crippen LogP contribution in [-0.4, -0.2) is 181 Å². The summed E-state index contributed by atoms with van der Waals surface area (Å²) in [7, 11) is 0. The second-order valence-corrected chi connectivity index (χ2v) is 22.6. The average molecular weight is 1230 g/mol. The van der Waals surface area contributed by atoms with E-state index in [9.17, 15) is 78.6 Å². The smallest absolute Gasteiger partial charge is 0.305 e. The van der Waals surface area contributed by atoms with Crippen molar-refractivity contribution in [1.29, 1.82) is 0 Å². The molecule has 0 bridgehead atoms. The summed E-state index contributed by atoms with van der Waals surface area (Å²) in [6.45, 7) is 4.97. The number of aliphatic hydroxyl groups is 4. The number of aliphatic carboxylic acids is 2. The summed E-state index contributed by atoms with van der Waals surface area (Å²) >= 11 is 5.48. The Balaban J connectivity index is 1.60. The molecule has 27 heteroatoms. The highest BCUT2D eigenvalue weighted by molar-refractivity contribution is 7.99. The number of unbranched alkanes of at least 4 members (excludes halogenated alkanes) is 1. The van der Waals surface area contributed by atoms with Crippen LogP contribution in [0, 0.1) is 11.8 Å². The van der Waals surface area contributed by atoms with E-state index in [1.165, 1.54) is 12.1 Å². The van der Waals surface area contributed by atoms with E-state index < -0.39 is 157 Å². The molecule has 1 fully saturated rings. The first-order valence-corrected chi connectivity index (χ1v) is 29.6. The summed E-state index contributed by atoms with van der Waals surface area (Å²) in [6.07, 6.45) is -10.7. The van der Waals surface area contributed by atoms with E-state index in [0.29, 0.717) is 36.1 Å². The van der Waals surface area contributed by atoms with Gasteiger partial charge in [0.05, 0.1) is 13.0 Å². The molecule has 1 heterocycles. The summed E-state index contributed by atoms with van der Waals surface area (Å²) in [5.41, 5.74) is 6.72. The monoisotopic (exact) mass is 1220 g/mol. The summed E-state index contributed by atoms with van der Waals surface area (Å²) in [5, 5.41) is 77.2. The minimum Gasteiger partial charge on any atom is -0.481 e. The zero-order chi connectivity index (χ0) is 62.8. The number of carboxylic acids is 2. The molecule has 1 saturated heterocycles. The van der Waals surface area contributed by atoms with Gasteiger partial charge in [-0.3, -0.25) is 53.3 Å². The number of nitrogens with one attached hydrogen (secondary N) is 7. The van der Waals surface area contributed by atoms with E-state index in [2.05, 4.69) is 49.8 Å². The van der Waals surface area contributed by atoms with Crippen LogP contribution in [0.5, 0.6) is 0 Å². The molecule has 3 aromatic rings. The first kappa shape index (κ1) is 70.7. The lowest BCUT2D eigenvalue weighted by Gasteiger charge is -2.39. The highest BCUT2D eigenvalue weighted by Crippen LogP contribution is 2.29. The summed E-state index contributed by atoms with van der Waals surface area (Å²) in [4.78, 5) is 136. The van der Waals surface area contributed by atoms with Gasteiger partial charge in [0.15, 0.2) is 11.6 Å². The number of carboxylic acid groups (broad SMARTS) is 2. The van der Waals surface area contributed by atoms with Crippen molar-refractivity contribution in [3.8, 4) is 0 Å². The van der Waals surface area contributed by atoms with E-state index >= 15 is 0 Å². The van der Waals surface area contributed by atoms with Crippen LogP contribution in [0.2, 0.25) is 0 Å². The Morgan fingerprint density at radius 2 is 1.18 bits per heavy atom. The van der Waals surface area contributed by atoms with E-state index in [1.54, 1.807) is 79.7 Å². The molecule has 25 nitrogen and oxygen atoms in total. The third-order valence-corrected chi connectivity index (χ3v) is 15.2. The number of thiol groups is 1. The van der Waals surface area contributed by atoms with Crippen LogP contribution in [0.4, 0.5) is 0 Å². The molecule has 0 aliphatic carbocycles. The van der Waals surface area contributed by atoms with Gasteiger partial charge >= 0.3 is 11.9 Å². The van der Waals surface area contributed by atoms with Crippen molar-refractivity contribution in [2.45, 2.75) is 151 Å². The summed E-state index contributed by atoms with van der Waals surface area (Å²) in [6, 6.07) is 16.7. The topological polar surface area (TPSA) is 412 Å². The number of aryl methyl sites for hydroxylation is 1. The van der Waals surface area contributed by atoms with Gasteiger partial charge in [0.2, 0.25) is 29.5 Å². The maximum atomic E-state index is 14.7. The molecular weight excluding hydrogens is 1140 g/mol. The first-order chi connectivity index (χ1) is 40.4. The SMILES string of the molecule is CC(C)CC(C)C(=O)NC(CCC(=O)O)C(=O)NC(CC(=O)O)C(=O)NC(NC(NC(=O)C(Cc1ccccc1)NC(=O)C(CS)NC(=O)c1ccc(CCS[C@@H]2O[C@H](CO)[C@@H](O)[C@H](O)[C@H]2O)cc1)C(=O)Cc1ccccc1)C(=O)CCCCN. The number of amides is 6. The number of benzene rings is 3. The van der Waals surface area contributed by atoms with Gasteiger partial charge in [-0.15, -0.1) is 11.8 Å². The van der Waals surface area contributed by atoms with Gasteiger partial charge in [0.25, 0.3) is 5.91 Å². The van der Waals surface area contributed by atoms with Crippen LogP contribution in [0.15, 0.2) is 84.9 Å². The zero-order valence-electron chi connectivity index (χ0n) is 47.6. The number of thioether (sulfide) groups is 1. The van der Waals surface area contributed by atoms with Gasteiger partial charge in [-0.05, 0) is 79.1 Å². The van der Waals surface area contributed by atoms with Gasteiger partial charge in [-0.2, -0.15) is 12.6 Å². The molecule has 0 radical (unpaired) electrons. The van der Waals surface area contributed by atoms with Crippen LogP contribution in [0.3, 0.4) is 0 Å². The number of carbonyl (C=O) groups is 10. The van der Waals surface area contributed by atoms with E-state index in [4.69, 9.17) is 10.5 Å². The van der Waals surface area contributed by atoms with Gasteiger partial charge < -0.3 is 73.0 Å². The molecule has 1 aliphatic heterocycles. The Labute approximate surface area is 502 Å². The zero-order valence-corrected chi connectivity index (χ0v) is 49.3. The highest BCUT2D eigenvalue weighted by atomic mass is 32.2. The van der Waals surface area contributed by atoms with Crippen molar-refractivity contribution in [3.05, 3.63) is 107 Å². The number of Topliss-reactive ketones (excluding diaryl/α,β-unsaturated/α-hetero) is 2. The van der Waals surface area contributed by atoms with Gasteiger partial charge in [0.1, 0.15) is 66.4 Å². The molecule has 7 unspecified atom stereocenters. The number of aliphatic hydroxyl groups excluding tert-OH is 4. The fraction of sp³-hybridized carbons (Fsp3) is 0.517. The Bertz CT molecular complexity index is 2690. The van der Waals surface area contributed by atoms with Crippen molar-refractivity contribution >= 4 is 83.3 Å². The number of hydrogen-bond donors (Lipinski definition) is 15. The van der Waals surface area contributed by atoms with Gasteiger partial charge in [-0.1, -0.05) is 93.6 Å². The van der Waals surface area contributed by atoms with E-state index in [0.717, 1.165) is 17.3 Å². The molecule has 0 aromatic heterocycles. The quantitative estimate of drug-likeness (QED) is 0.0196. The molecule has 0 spiro atoms. The third-order valence-electron chi connectivity index (χ3n) is 13.7. The third kappa shape index (κ3) is 23.9. The molecule has 15 N–H and O–H groups in total. The normalized spacial score (nSPS) is 19.1. The largest absolute Gasteiger partial charge is 0.481 e. The minimum absolute atomic E-state index is 0.0775. The van der Waals surface area contributed by atoms with Crippen LogP contribution in [-0.2, 0) is 67.2 Å². The molecule has 12 atom stereocenters. The number of carbonyl (C=O) groups excluding carboxylic acids is 8. The number of hydrogen-bond acceptors (Lipinski definition) is 19. The first-order valence-electron chi connectivity index (χ1n) is 27.9. The molecule has 466 valence electrons. The van der Waals surface area contributed by atoms with E-state index in [1.807, 2.05) is 13.8 Å². The van der Waals surface area contributed by atoms with Gasteiger partial charge in [-0.25, -0.2) is 0 Å². The Kier molecular flexibility index (Phi) is 30.1. The maximum Gasteiger partial charge on any atom is 0.305 e. The Morgan fingerprint density at radius 1 is 0.612 bits per heavy atom. The van der Waals surface area contributed by atoms with Crippen LogP contribution in [0.25, 0.3) is 0 Å².